The highest BCUT2D eigenvalue weighted by molar-refractivity contribution is 5.91. The lowest BCUT2D eigenvalue weighted by molar-refractivity contribution is 0.215. The van der Waals surface area contributed by atoms with Crippen molar-refractivity contribution < 1.29 is 9.53 Å². The molecule has 0 saturated carbocycles. The van der Waals surface area contributed by atoms with Gasteiger partial charge in [0.25, 0.3) is 0 Å². The number of hydrogen-bond acceptors (Lipinski definition) is 2. The molecule has 0 spiro atoms. The predicted molar refractivity (Wildman–Crippen MR) is 148 cm³/mol. The molecule has 4 heteroatoms. The number of rotatable bonds is 10. The molecule has 0 aromatic heterocycles. The molecular weight excluding hydrogens is 444 g/mol. The minimum absolute atomic E-state index is 0.155. The Bertz CT molecular complexity index is 1200. The van der Waals surface area contributed by atoms with Crippen molar-refractivity contribution in [3.63, 3.8) is 0 Å². The van der Waals surface area contributed by atoms with Gasteiger partial charge in [-0.3, -0.25) is 0 Å². The van der Waals surface area contributed by atoms with Gasteiger partial charge in [-0.25, -0.2) is 4.79 Å². The molecule has 0 aliphatic rings. The fourth-order valence-electron chi connectivity index (χ4n) is 4.28. The normalized spacial score (nSPS) is 10.9. The van der Waals surface area contributed by atoms with Crippen LogP contribution in [-0.4, -0.2) is 31.1 Å². The van der Waals surface area contributed by atoms with E-state index in [0.29, 0.717) is 24.5 Å². The molecule has 4 aromatic carbocycles. The highest BCUT2D eigenvalue weighted by Gasteiger charge is 2.19. The summed E-state index contributed by atoms with van der Waals surface area (Å²) in [6, 6.07) is 38.4. The molecule has 1 N–H and O–H groups in total. The summed E-state index contributed by atoms with van der Waals surface area (Å²) in [4.78, 5) is 15.3. The van der Waals surface area contributed by atoms with Crippen LogP contribution in [0.25, 0.3) is 6.08 Å². The zero-order valence-electron chi connectivity index (χ0n) is 20.6. The van der Waals surface area contributed by atoms with E-state index < -0.39 is 0 Å². The molecule has 4 rings (SSSR count). The maximum atomic E-state index is 13.4. The molecule has 182 valence electrons. The lowest BCUT2D eigenvalue weighted by Crippen LogP contribution is -2.36. The number of benzene rings is 4. The van der Waals surface area contributed by atoms with Crippen LogP contribution in [-0.2, 0) is 0 Å². The van der Waals surface area contributed by atoms with E-state index in [0.717, 1.165) is 12.0 Å². The van der Waals surface area contributed by atoms with Gasteiger partial charge in [0.2, 0.25) is 0 Å². The van der Waals surface area contributed by atoms with Gasteiger partial charge in [-0.05, 0) is 35.2 Å². The number of methoxy groups -OCH3 is 1. The third-order valence-electron chi connectivity index (χ3n) is 6.16. The lowest BCUT2D eigenvalue weighted by Gasteiger charge is -2.26. The summed E-state index contributed by atoms with van der Waals surface area (Å²) in [5.74, 6) is 0.823. The molecule has 4 aromatic rings. The summed E-state index contributed by atoms with van der Waals surface area (Å²) in [5.41, 5.74) is 4.25. The van der Waals surface area contributed by atoms with Gasteiger partial charge in [0.05, 0.1) is 12.8 Å². The maximum absolute atomic E-state index is 13.4. The third-order valence-corrected chi connectivity index (χ3v) is 6.16. The highest BCUT2D eigenvalue weighted by Crippen LogP contribution is 2.29. The monoisotopic (exact) mass is 476 g/mol. The van der Waals surface area contributed by atoms with Gasteiger partial charge in [-0.1, -0.05) is 115 Å². The first-order valence-corrected chi connectivity index (χ1v) is 12.2. The zero-order chi connectivity index (χ0) is 25.0. The van der Waals surface area contributed by atoms with Crippen LogP contribution in [0.4, 0.5) is 10.5 Å². The third kappa shape index (κ3) is 6.86. The van der Waals surface area contributed by atoms with E-state index in [9.17, 15) is 4.79 Å². The topological polar surface area (TPSA) is 41.6 Å². The fraction of sp³-hybridized carbons (Fsp3) is 0.156. The molecule has 0 aliphatic heterocycles. The number of carbonyl (C=O) groups is 1. The fourth-order valence-corrected chi connectivity index (χ4v) is 4.28. The minimum Gasteiger partial charge on any atom is -0.495 e. The summed E-state index contributed by atoms with van der Waals surface area (Å²) < 4.78 is 5.43. The van der Waals surface area contributed by atoms with Gasteiger partial charge in [-0.2, -0.15) is 0 Å². The standard InChI is InChI=1S/C32H32N2O2/c1-36-31-22-12-11-21-30(31)33-32(35)34(24-13-16-26-14-5-2-6-15-26)25-23-29(27-17-7-3-8-18-27)28-19-9-4-10-20-28/h2-22,29H,23-25H2,1H3,(H,33,35)/b16-13+. The average molecular weight is 477 g/mol. The van der Waals surface area contributed by atoms with Crippen LogP contribution in [0.15, 0.2) is 121 Å². The van der Waals surface area contributed by atoms with Gasteiger partial charge >= 0.3 is 6.03 Å². The molecule has 0 fully saturated rings. The first-order valence-electron chi connectivity index (χ1n) is 12.2. The molecule has 2 amide bonds. The van der Waals surface area contributed by atoms with Gasteiger partial charge in [0.1, 0.15) is 5.75 Å². The highest BCUT2D eigenvalue weighted by atomic mass is 16.5. The van der Waals surface area contributed by atoms with E-state index in [1.54, 1.807) is 7.11 Å². The van der Waals surface area contributed by atoms with Crippen LogP contribution >= 0.6 is 0 Å². The van der Waals surface area contributed by atoms with E-state index in [4.69, 9.17) is 4.74 Å². The van der Waals surface area contributed by atoms with Crippen molar-refractivity contribution in [2.75, 3.05) is 25.5 Å². The van der Waals surface area contributed by atoms with E-state index in [1.807, 2.05) is 65.6 Å². The quantitative estimate of drug-likeness (QED) is 0.258. The van der Waals surface area contributed by atoms with Crippen LogP contribution < -0.4 is 10.1 Å². The number of hydrogen-bond donors (Lipinski definition) is 1. The summed E-state index contributed by atoms with van der Waals surface area (Å²) in [5, 5.41) is 3.04. The van der Waals surface area contributed by atoms with Crippen molar-refractivity contribution in [1.29, 1.82) is 0 Å². The van der Waals surface area contributed by atoms with Gasteiger partial charge in [0, 0.05) is 19.0 Å². The number of nitrogens with one attached hydrogen (secondary N) is 1. The van der Waals surface area contributed by atoms with Crippen molar-refractivity contribution >= 4 is 17.8 Å². The van der Waals surface area contributed by atoms with Crippen LogP contribution in [0.3, 0.4) is 0 Å². The number of nitrogens with zero attached hydrogens (tertiary/aromatic N) is 1. The summed E-state index contributed by atoms with van der Waals surface area (Å²) in [6.07, 6.45) is 4.89. The van der Waals surface area contributed by atoms with E-state index in [2.05, 4.69) is 72.1 Å². The average Bonchev–Trinajstić information content (AvgIpc) is 2.94. The van der Waals surface area contributed by atoms with Crippen LogP contribution in [0.5, 0.6) is 5.75 Å². The molecule has 0 saturated heterocycles. The minimum atomic E-state index is -0.155. The number of ether oxygens (including phenoxy) is 1. The Balaban J connectivity index is 1.54. The van der Waals surface area contributed by atoms with Crippen LogP contribution in [0.1, 0.15) is 29.0 Å². The van der Waals surface area contributed by atoms with E-state index >= 15 is 0 Å². The number of para-hydroxylation sites is 2. The van der Waals surface area contributed by atoms with Gasteiger partial charge in [-0.15, -0.1) is 0 Å². The van der Waals surface area contributed by atoms with Crippen LogP contribution in [0.2, 0.25) is 0 Å². The molecule has 0 aliphatic carbocycles. The Labute approximate surface area is 213 Å². The van der Waals surface area contributed by atoms with Crippen molar-refractivity contribution in [1.82, 2.24) is 4.90 Å². The Morgan fingerprint density at radius 1 is 0.806 bits per heavy atom. The Morgan fingerprint density at radius 2 is 1.36 bits per heavy atom. The lowest BCUT2D eigenvalue weighted by atomic mass is 9.88. The molecular formula is C32H32N2O2. The largest absolute Gasteiger partial charge is 0.495 e. The molecule has 4 nitrogen and oxygen atoms in total. The second-order valence-electron chi connectivity index (χ2n) is 8.55. The zero-order valence-corrected chi connectivity index (χ0v) is 20.6. The number of carbonyl (C=O) groups excluding carboxylic acids is 1. The summed E-state index contributed by atoms with van der Waals surface area (Å²) >= 11 is 0. The van der Waals surface area contributed by atoms with Crippen molar-refractivity contribution in [2.45, 2.75) is 12.3 Å². The summed E-state index contributed by atoms with van der Waals surface area (Å²) in [6.45, 7) is 1.08. The Morgan fingerprint density at radius 3 is 1.97 bits per heavy atom. The van der Waals surface area contributed by atoms with Crippen LogP contribution in [0, 0.1) is 0 Å². The van der Waals surface area contributed by atoms with Crippen molar-refractivity contribution in [2.24, 2.45) is 0 Å². The molecule has 0 heterocycles. The molecule has 0 bridgehead atoms. The summed E-state index contributed by atoms with van der Waals surface area (Å²) in [7, 11) is 1.61. The number of anilines is 1. The first kappa shape index (κ1) is 24.8. The second-order valence-corrected chi connectivity index (χ2v) is 8.55. The van der Waals surface area contributed by atoms with E-state index in [1.165, 1.54) is 11.1 Å². The van der Waals surface area contributed by atoms with Gasteiger partial charge < -0.3 is 15.0 Å². The maximum Gasteiger partial charge on any atom is 0.322 e. The number of urea groups is 1. The Kier molecular flexibility index (Phi) is 8.93. The molecule has 0 atom stereocenters. The van der Waals surface area contributed by atoms with Crippen molar-refractivity contribution in [3.8, 4) is 5.75 Å². The molecule has 0 radical (unpaired) electrons. The van der Waals surface area contributed by atoms with E-state index in [-0.39, 0.29) is 11.9 Å². The Hall–Kier alpha value is -4.31. The molecule has 0 unspecified atom stereocenters. The first-order chi connectivity index (χ1) is 17.7. The van der Waals surface area contributed by atoms with Crippen molar-refractivity contribution in [3.05, 3.63) is 138 Å². The van der Waals surface area contributed by atoms with Gasteiger partial charge in [0.15, 0.2) is 0 Å². The number of amides is 2. The molecule has 36 heavy (non-hydrogen) atoms. The SMILES string of the molecule is COc1ccccc1NC(=O)N(C/C=C/c1ccccc1)CCC(c1ccccc1)c1ccccc1. The smallest absolute Gasteiger partial charge is 0.322 e. The predicted octanol–water partition coefficient (Wildman–Crippen LogP) is 7.46. The second kappa shape index (κ2) is 13.0.